The van der Waals surface area contributed by atoms with Crippen LogP contribution in [0.25, 0.3) is 0 Å². The molecule has 0 aromatic carbocycles. The number of hydrogen-bond acceptors (Lipinski definition) is 6. The molecule has 0 aliphatic carbocycles. The van der Waals surface area contributed by atoms with E-state index in [1.54, 1.807) is 6.20 Å². The minimum atomic E-state index is -0.608. The molecule has 2 aromatic rings. The topological polar surface area (TPSA) is 117 Å². The van der Waals surface area contributed by atoms with Crippen LogP contribution >= 0.6 is 0 Å². The Morgan fingerprint density at radius 1 is 1.52 bits per heavy atom. The highest BCUT2D eigenvalue weighted by Crippen LogP contribution is 2.23. The quantitative estimate of drug-likeness (QED) is 0.590. The third kappa shape index (κ3) is 3.65. The highest BCUT2D eigenvalue weighted by Gasteiger charge is 2.21. The van der Waals surface area contributed by atoms with Crippen LogP contribution in [0.2, 0.25) is 0 Å². The van der Waals surface area contributed by atoms with Crippen LogP contribution in [0.15, 0.2) is 12.4 Å². The number of nitrogens with zero attached hydrogens (tertiary/aromatic N) is 5. The lowest BCUT2D eigenvalue weighted by molar-refractivity contribution is -0.385. The fourth-order valence-electron chi connectivity index (χ4n) is 2.12. The maximum Gasteiger partial charge on any atom is 0.350 e. The van der Waals surface area contributed by atoms with E-state index in [1.165, 1.54) is 18.0 Å². The molecule has 0 aliphatic heterocycles. The maximum absolute atomic E-state index is 11.9. The van der Waals surface area contributed by atoms with Crippen molar-refractivity contribution >= 4 is 11.6 Å². The first-order valence-corrected chi connectivity index (χ1v) is 7.00. The number of nitro groups is 1. The van der Waals surface area contributed by atoms with Gasteiger partial charge in [0.15, 0.2) is 0 Å². The third-order valence-corrected chi connectivity index (χ3v) is 3.39. The SMILES string of the molecule is CCn1ncc(CNC(=O)Cn2cc([N+](=O)[O-])c(OC)n2)c1C. The van der Waals surface area contributed by atoms with Crippen molar-refractivity contribution in [1.29, 1.82) is 0 Å². The maximum atomic E-state index is 11.9. The second-order valence-corrected chi connectivity index (χ2v) is 4.83. The second-order valence-electron chi connectivity index (χ2n) is 4.83. The summed E-state index contributed by atoms with van der Waals surface area (Å²) in [4.78, 5) is 22.2. The number of aromatic nitrogens is 4. The molecule has 1 amide bonds. The van der Waals surface area contributed by atoms with Crippen molar-refractivity contribution in [2.24, 2.45) is 0 Å². The highest BCUT2D eigenvalue weighted by molar-refractivity contribution is 5.75. The van der Waals surface area contributed by atoms with Crippen LogP contribution in [-0.2, 0) is 24.4 Å². The molecule has 1 N–H and O–H groups in total. The molecule has 0 unspecified atom stereocenters. The summed E-state index contributed by atoms with van der Waals surface area (Å²) in [6.07, 6.45) is 2.87. The molecule has 2 rings (SSSR count). The number of nitrogens with one attached hydrogen (secondary N) is 1. The van der Waals surface area contributed by atoms with E-state index in [2.05, 4.69) is 15.5 Å². The average molecular weight is 322 g/mol. The van der Waals surface area contributed by atoms with Gasteiger partial charge in [-0.25, -0.2) is 0 Å². The minimum Gasteiger partial charge on any atom is -0.475 e. The lowest BCUT2D eigenvalue weighted by atomic mass is 10.2. The van der Waals surface area contributed by atoms with Gasteiger partial charge in [-0.3, -0.25) is 24.3 Å². The molecule has 0 spiro atoms. The van der Waals surface area contributed by atoms with Crippen LogP contribution in [0, 0.1) is 17.0 Å². The molecule has 10 heteroatoms. The third-order valence-electron chi connectivity index (χ3n) is 3.39. The Morgan fingerprint density at radius 2 is 2.26 bits per heavy atom. The number of methoxy groups -OCH3 is 1. The average Bonchev–Trinajstić information content (AvgIpc) is 3.08. The van der Waals surface area contributed by atoms with E-state index in [4.69, 9.17) is 4.74 Å². The van der Waals surface area contributed by atoms with E-state index < -0.39 is 4.92 Å². The number of amides is 1. The van der Waals surface area contributed by atoms with E-state index in [-0.39, 0.29) is 24.0 Å². The van der Waals surface area contributed by atoms with Gasteiger partial charge in [-0.15, -0.1) is 5.10 Å². The monoisotopic (exact) mass is 322 g/mol. The summed E-state index contributed by atoms with van der Waals surface area (Å²) in [6.45, 7) is 4.88. The fourth-order valence-corrected chi connectivity index (χ4v) is 2.12. The van der Waals surface area contributed by atoms with Crippen molar-refractivity contribution in [1.82, 2.24) is 24.9 Å². The first-order valence-electron chi connectivity index (χ1n) is 7.00. The molecule has 10 nitrogen and oxygen atoms in total. The van der Waals surface area contributed by atoms with Crippen molar-refractivity contribution in [3.8, 4) is 5.88 Å². The van der Waals surface area contributed by atoms with Gasteiger partial charge in [-0.2, -0.15) is 5.10 Å². The van der Waals surface area contributed by atoms with E-state index in [0.717, 1.165) is 17.8 Å². The molecule has 0 bridgehead atoms. The van der Waals surface area contributed by atoms with Crippen LogP contribution in [0.4, 0.5) is 5.69 Å². The van der Waals surface area contributed by atoms with Crippen molar-refractivity contribution in [2.45, 2.75) is 33.5 Å². The van der Waals surface area contributed by atoms with Crippen molar-refractivity contribution < 1.29 is 14.5 Å². The molecule has 0 aliphatic rings. The lowest BCUT2D eigenvalue weighted by Crippen LogP contribution is -2.27. The van der Waals surface area contributed by atoms with E-state index in [1.807, 2.05) is 18.5 Å². The number of ether oxygens (including phenoxy) is 1. The summed E-state index contributed by atoms with van der Waals surface area (Å²) in [7, 11) is 1.29. The molecule has 0 saturated carbocycles. The number of carbonyl (C=O) groups is 1. The van der Waals surface area contributed by atoms with Gasteiger partial charge in [0.25, 0.3) is 0 Å². The predicted octanol–water partition coefficient (Wildman–Crippen LogP) is 0.641. The fraction of sp³-hybridized carbons (Fsp3) is 0.462. The van der Waals surface area contributed by atoms with Gasteiger partial charge in [0.2, 0.25) is 5.91 Å². The zero-order valence-electron chi connectivity index (χ0n) is 13.1. The smallest absolute Gasteiger partial charge is 0.350 e. The molecule has 2 heterocycles. The Bertz CT molecular complexity index is 720. The number of hydrogen-bond donors (Lipinski definition) is 1. The predicted molar refractivity (Wildman–Crippen MR) is 79.9 cm³/mol. The number of carbonyl (C=O) groups excluding carboxylic acids is 1. The molecule has 0 atom stereocenters. The van der Waals surface area contributed by atoms with Crippen molar-refractivity contribution in [3.63, 3.8) is 0 Å². The molecule has 23 heavy (non-hydrogen) atoms. The molecule has 124 valence electrons. The standard InChI is InChI=1S/C13H18N6O4/c1-4-18-9(2)10(6-15-18)5-14-12(20)8-17-7-11(19(21)22)13(16-17)23-3/h6-7H,4-5,8H2,1-3H3,(H,14,20). The molecule has 0 saturated heterocycles. The molecule has 0 fully saturated rings. The zero-order chi connectivity index (χ0) is 17.0. The Labute approximate surface area is 132 Å². The highest BCUT2D eigenvalue weighted by atomic mass is 16.6. The van der Waals surface area contributed by atoms with Gasteiger partial charge < -0.3 is 10.1 Å². The summed E-state index contributed by atoms with van der Waals surface area (Å²) in [6, 6.07) is 0. The van der Waals surface area contributed by atoms with Gasteiger partial charge in [0.05, 0.1) is 18.2 Å². The first-order chi connectivity index (χ1) is 11.0. The van der Waals surface area contributed by atoms with E-state index >= 15 is 0 Å². The largest absolute Gasteiger partial charge is 0.475 e. The van der Waals surface area contributed by atoms with Crippen LogP contribution in [-0.4, -0.2) is 37.5 Å². The normalized spacial score (nSPS) is 10.6. The Kier molecular flexibility index (Phi) is 4.94. The minimum absolute atomic E-state index is 0.122. The van der Waals surface area contributed by atoms with Crippen molar-refractivity contribution in [2.75, 3.05) is 7.11 Å². The van der Waals surface area contributed by atoms with Crippen LogP contribution in [0.5, 0.6) is 5.88 Å². The summed E-state index contributed by atoms with van der Waals surface area (Å²) in [5, 5.41) is 21.6. The van der Waals surface area contributed by atoms with Crippen LogP contribution in [0.1, 0.15) is 18.2 Å². The molecular formula is C13H18N6O4. The number of rotatable bonds is 7. The molecular weight excluding hydrogens is 304 g/mol. The van der Waals surface area contributed by atoms with Gasteiger partial charge in [-0.1, -0.05) is 0 Å². The Balaban J connectivity index is 1.97. The molecule has 2 aromatic heterocycles. The molecule has 0 radical (unpaired) electrons. The van der Waals surface area contributed by atoms with E-state index in [0.29, 0.717) is 6.54 Å². The summed E-state index contributed by atoms with van der Waals surface area (Å²) in [5.74, 6) is -0.434. The van der Waals surface area contributed by atoms with Crippen molar-refractivity contribution in [3.05, 3.63) is 33.8 Å². The summed E-state index contributed by atoms with van der Waals surface area (Å²) < 4.78 is 7.82. The zero-order valence-corrected chi connectivity index (χ0v) is 13.1. The van der Waals surface area contributed by atoms with Gasteiger partial charge in [0.1, 0.15) is 12.7 Å². The summed E-state index contributed by atoms with van der Waals surface area (Å²) in [5.41, 5.74) is 1.63. The number of aryl methyl sites for hydroxylation is 1. The first kappa shape index (κ1) is 16.5. The van der Waals surface area contributed by atoms with Gasteiger partial charge in [0, 0.05) is 24.3 Å². The Hall–Kier alpha value is -2.91. The lowest BCUT2D eigenvalue weighted by Gasteiger charge is -2.05. The van der Waals surface area contributed by atoms with E-state index in [9.17, 15) is 14.9 Å². The van der Waals surface area contributed by atoms with Crippen LogP contribution in [0.3, 0.4) is 0 Å². The van der Waals surface area contributed by atoms with Crippen LogP contribution < -0.4 is 10.1 Å². The van der Waals surface area contributed by atoms with Gasteiger partial charge >= 0.3 is 11.6 Å². The Morgan fingerprint density at radius 3 is 2.78 bits per heavy atom. The van der Waals surface area contributed by atoms with Gasteiger partial charge in [-0.05, 0) is 13.8 Å². The second kappa shape index (κ2) is 6.90. The summed E-state index contributed by atoms with van der Waals surface area (Å²) >= 11 is 0.